The zero-order chi connectivity index (χ0) is 22.8. The molecule has 174 valence electrons. The molecule has 0 spiro atoms. The van der Waals surface area contributed by atoms with E-state index in [1.807, 2.05) is 28.9 Å². The number of likely N-dealkylation sites (tertiary alicyclic amines) is 1. The number of hydrazine groups is 1. The van der Waals surface area contributed by atoms with Gasteiger partial charge in [0.15, 0.2) is 5.78 Å². The predicted molar refractivity (Wildman–Crippen MR) is 125 cm³/mol. The van der Waals surface area contributed by atoms with Crippen LogP contribution in [0.25, 0.3) is 0 Å². The molecule has 8 heteroatoms. The average Bonchev–Trinajstić information content (AvgIpc) is 2.77. The Kier molecular flexibility index (Phi) is 6.60. The summed E-state index contributed by atoms with van der Waals surface area (Å²) in [5, 5.41) is 5.36. The Balaban J connectivity index is 1.61. The van der Waals surface area contributed by atoms with E-state index in [0.29, 0.717) is 19.6 Å². The Morgan fingerprint density at radius 1 is 1.12 bits per heavy atom. The summed E-state index contributed by atoms with van der Waals surface area (Å²) in [5.41, 5.74) is 7.96. The highest BCUT2D eigenvalue weighted by Crippen LogP contribution is 2.28. The van der Waals surface area contributed by atoms with Gasteiger partial charge in [0.05, 0.1) is 18.8 Å². The maximum absolute atomic E-state index is 13.0. The maximum Gasteiger partial charge on any atom is 0.251 e. The number of carbonyl (C=O) groups is 2. The summed E-state index contributed by atoms with van der Waals surface area (Å²) in [4.78, 5) is 31.9. The van der Waals surface area contributed by atoms with Crippen molar-refractivity contribution in [3.63, 3.8) is 0 Å². The summed E-state index contributed by atoms with van der Waals surface area (Å²) < 4.78 is 0. The molecule has 1 amide bonds. The van der Waals surface area contributed by atoms with Crippen molar-refractivity contribution in [3.05, 3.63) is 46.2 Å². The predicted octanol–water partition coefficient (Wildman–Crippen LogP) is 1.53. The number of dihydropyridines is 1. The van der Waals surface area contributed by atoms with Gasteiger partial charge in [0.25, 0.3) is 5.91 Å². The second-order valence-electron chi connectivity index (χ2n) is 9.20. The molecule has 0 aromatic heterocycles. The lowest BCUT2D eigenvalue weighted by Gasteiger charge is -2.40. The average molecular weight is 441 g/mol. The summed E-state index contributed by atoms with van der Waals surface area (Å²) in [6.07, 6.45) is 8.55. The standard InChI is InChI=1S/C24H36N6O2/c1-5-9-30(19-13-20-22(27(3)15-19)21(31)16-28(4)26-20)23-17(2)12-18(14-25-23)24(32)29-10-7-6-8-11-29/h12-13,25-26H,5-11,14-16H2,1-4H3. The number of nitrogens with one attached hydrogen (secondary N) is 2. The van der Waals surface area contributed by atoms with E-state index < -0.39 is 0 Å². The Bertz CT molecular complexity index is 909. The van der Waals surface area contributed by atoms with Crippen LogP contribution < -0.4 is 10.7 Å². The van der Waals surface area contributed by atoms with Crippen LogP contribution in [-0.4, -0.2) is 84.8 Å². The van der Waals surface area contributed by atoms with E-state index in [1.54, 1.807) is 0 Å². The van der Waals surface area contributed by atoms with Crippen molar-refractivity contribution in [3.8, 4) is 0 Å². The molecule has 4 aliphatic rings. The van der Waals surface area contributed by atoms with Gasteiger partial charge in [0.2, 0.25) is 0 Å². The molecule has 0 unspecified atom stereocenters. The number of likely N-dealkylation sites (N-methyl/N-ethyl adjacent to an activating group) is 2. The molecule has 0 saturated carbocycles. The molecular formula is C24H36N6O2. The normalized spacial score (nSPS) is 22.2. The van der Waals surface area contributed by atoms with Crippen LogP contribution in [-0.2, 0) is 9.59 Å². The van der Waals surface area contributed by atoms with Gasteiger partial charge in [0, 0.05) is 51.5 Å². The van der Waals surface area contributed by atoms with Crippen LogP contribution in [0.1, 0.15) is 39.5 Å². The highest BCUT2D eigenvalue weighted by molar-refractivity contribution is 5.98. The van der Waals surface area contributed by atoms with Gasteiger partial charge >= 0.3 is 0 Å². The molecule has 8 nitrogen and oxygen atoms in total. The molecule has 0 atom stereocenters. The molecule has 0 bridgehead atoms. The van der Waals surface area contributed by atoms with E-state index in [0.717, 1.165) is 73.0 Å². The first-order valence-electron chi connectivity index (χ1n) is 11.8. The molecule has 0 radical (unpaired) electrons. The van der Waals surface area contributed by atoms with Crippen molar-refractivity contribution < 1.29 is 9.59 Å². The van der Waals surface area contributed by atoms with E-state index in [1.165, 1.54) is 6.42 Å². The van der Waals surface area contributed by atoms with E-state index in [4.69, 9.17) is 0 Å². The number of allylic oxidation sites excluding steroid dienone is 3. The number of hydrogen-bond acceptors (Lipinski definition) is 7. The van der Waals surface area contributed by atoms with Crippen molar-refractivity contribution in [1.29, 1.82) is 0 Å². The van der Waals surface area contributed by atoms with Crippen LogP contribution in [0.15, 0.2) is 46.2 Å². The summed E-state index contributed by atoms with van der Waals surface area (Å²) in [6, 6.07) is 0. The van der Waals surface area contributed by atoms with Gasteiger partial charge in [-0.1, -0.05) is 6.92 Å². The molecule has 2 N–H and O–H groups in total. The van der Waals surface area contributed by atoms with Crippen molar-refractivity contribution in [2.24, 2.45) is 0 Å². The number of carbonyl (C=O) groups excluding carboxylic acids is 2. The molecule has 32 heavy (non-hydrogen) atoms. The van der Waals surface area contributed by atoms with Crippen LogP contribution in [0.2, 0.25) is 0 Å². The van der Waals surface area contributed by atoms with Gasteiger partial charge in [0.1, 0.15) is 11.5 Å². The molecule has 4 heterocycles. The van der Waals surface area contributed by atoms with Crippen molar-refractivity contribution in [1.82, 2.24) is 30.5 Å². The zero-order valence-corrected chi connectivity index (χ0v) is 19.8. The third-order valence-corrected chi connectivity index (χ3v) is 6.50. The lowest BCUT2D eigenvalue weighted by Crippen LogP contribution is -2.50. The highest BCUT2D eigenvalue weighted by Gasteiger charge is 2.32. The van der Waals surface area contributed by atoms with Crippen LogP contribution in [0.4, 0.5) is 0 Å². The quantitative estimate of drug-likeness (QED) is 0.672. The van der Waals surface area contributed by atoms with E-state index in [2.05, 4.69) is 41.6 Å². The lowest BCUT2D eigenvalue weighted by atomic mass is 10.0. The molecule has 0 aromatic carbocycles. The minimum absolute atomic E-state index is 0.135. The van der Waals surface area contributed by atoms with E-state index in [9.17, 15) is 9.59 Å². The number of nitrogens with zero attached hydrogens (tertiary/aromatic N) is 4. The monoisotopic (exact) mass is 440 g/mol. The first-order chi connectivity index (χ1) is 15.4. The molecular weight excluding hydrogens is 404 g/mol. The molecule has 4 aliphatic heterocycles. The molecule has 0 aromatic rings. The smallest absolute Gasteiger partial charge is 0.251 e. The van der Waals surface area contributed by atoms with Crippen molar-refractivity contribution >= 4 is 11.7 Å². The van der Waals surface area contributed by atoms with Crippen LogP contribution >= 0.6 is 0 Å². The minimum atomic E-state index is 0.135. The minimum Gasteiger partial charge on any atom is -0.367 e. The SMILES string of the molecule is CCCN(C1=CC2=C(C(=O)CN(C)N2)N(C)C1)C1=C(C)C=C(C(=O)N2CCCCC2)CN1. The summed E-state index contributed by atoms with van der Waals surface area (Å²) in [5.74, 6) is 1.34. The largest absolute Gasteiger partial charge is 0.367 e. The maximum atomic E-state index is 13.0. The van der Waals surface area contributed by atoms with Crippen LogP contribution in [0, 0.1) is 0 Å². The van der Waals surface area contributed by atoms with Gasteiger partial charge in [-0.25, -0.2) is 5.01 Å². The Morgan fingerprint density at radius 2 is 1.88 bits per heavy atom. The van der Waals surface area contributed by atoms with E-state index >= 15 is 0 Å². The fraction of sp³-hybridized carbons (Fsp3) is 0.583. The number of Topliss-reactive ketones (excluding diaryl/α,β-unsaturated/α-hetero) is 1. The molecule has 1 saturated heterocycles. The van der Waals surface area contributed by atoms with Gasteiger partial charge in [-0.15, -0.1) is 0 Å². The third kappa shape index (κ3) is 4.41. The highest BCUT2D eigenvalue weighted by atomic mass is 16.2. The number of amides is 1. The lowest BCUT2D eigenvalue weighted by molar-refractivity contribution is -0.128. The second-order valence-corrected chi connectivity index (χ2v) is 9.20. The Labute approximate surface area is 191 Å². The van der Waals surface area contributed by atoms with Crippen molar-refractivity contribution in [2.75, 3.05) is 53.4 Å². The van der Waals surface area contributed by atoms with Gasteiger partial charge in [-0.3, -0.25) is 9.59 Å². The molecule has 4 rings (SSSR count). The molecule has 0 aliphatic carbocycles. The fourth-order valence-electron chi connectivity index (χ4n) is 5.02. The first kappa shape index (κ1) is 22.5. The Morgan fingerprint density at radius 3 is 2.56 bits per heavy atom. The topological polar surface area (TPSA) is 71.2 Å². The van der Waals surface area contributed by atoms with Crippen LogP contribution in [0.5, 0.6) is 0 Å². The van der Waals surface area contributed by atoms with Crippen LogP contribution in [0.3, 0.4) is 0 Å². The van der Waals surface area contributed by atoms with Gasteiger partial charge in [-0.05, 0) is 50.3 Å². The number of piperidine rings is 1. The summed E-state index contributed by atoms with van der Waals surface area (Å²) in [6.45, 7) is 8.40. The third-order valence-electron chi connectivity index (χ3n) is 6.50. The van der Waals surface area contributed by atoms with Gasteiger partial charge in [-0.2, -0.15) is 0 Å². The Hall–Kier alpha value is -2.74. The molecule has 1 fully saturated rings. The number of rotatable bonds is 5. The van der Waals surface area contributed by atoms with E-state index in [-0.39, 0.29) is 11.7 Å². The van der Waals surface area contributed by atoms with Gasteiger partial charge < -0.3 is 25.4 Å². The summed E-state index contributed by atoms with van der Waals surface area (Å²) >= 11 is 0. The second kappa shape index (κ2) is 9.40. The first-order valence-corrected chi connectivity index (χ1v) is 11.8. The number of ketones is 1. The fourth-order valence-corrected chi connectivity index (χ4v) is 5.02. The van der Waals surface area contributed by atoms with Crippen molar-refractivity contribution in [2.45, 2.75) is 39.5 Å². The number of hydrogen-bond donors (Lipinski definition) is 2. The summed E-state index contributed by atoms with van der Waals surface area (Å²) in [7, 11) is 3.86. The zero-order valence-electron chi connectivity index (χ0n) is 19.8.